The lowest BCUT2D eigenvalue weighted by Crippen LogP contribution is -2.19. The maximum atomic E-state index is 9.51. The number of fused-ring (bicyclic) bond motifs is 1. The number of benzene rings is 1. The number of nitrogens with zero attached hydrogens (tertiary/aromatic N) is 3. The Balaban J connectivity index is 1.66. The molecule has 0 bridgehead atoms. The van der Waals surface area contributed by atoms with E-state index in [0.717, 1.165) is 64.5 Å². The van der Waals surface area contributed by atoms with Crippen molar-refractivity contribution < 1.29 is 9.84 Å². The second-order valence-corrected chi connectivity index (χ2v) is 8.85. The summed E-state index contributed by atoms with van der Waals surface area (Å²) in [6.07, 6.45) is 3.92. The molecule has 1 aliphatic rings. The highest BCUT2D eigenvalue weighted by Gasteiger charge is 2.26. The summed E-state index contributed by atoms with van der Waals surface area (Å²) in [6, 6.07) is 8.47. The smallest absolute Gasteiger partial charge is 0.224 e. The van der Waals surface area contributed by atoms with Gasteiger partial charge in [0.05, 0.1) is 21.5 Å². The molecule has 7 nitrogen and oxygen atoms in total. The van der Waals surface area contributed by atoms with Gasteiger partial charge in [0.15, 0.2) is 0 Å². The van der Waals surface area contributed by atoms with E-state index in [1.807, 2.05) is 25.1 Å². The van der Waals surface area contributed by atoms with Crippen LogP contribution in [-0.2, 0) is 4.74 Å². The minimum Gasteiger partial charge on any atom is -0.396 e. The van der Waals surface area contributed by atoms with E-state index >= 15 is 0 Å². The van der Waals surface area contributed by atoms with Gasteiger partial charge < -0.3 is 20.5 Å². The van der Waals surface area contributed by atoms with Gasteiger partial charge in [-0.25, -0.2) is 9.97 Å². The number of aliphatic hydroxyl groups is 1. The molecule has 160 valence electrons. The minimum atomic E-state index is 0.248. The number of aliphatic hydroxyl groups excluding tert-OH is 1. The first kappa shape index (κ1) is 21.0. The van der Waals surface area contributed by atoms with Crippen molar-refractivity contribution in [2.75, 3.05) is 37.5 Å². The number of aryl methyl sites for hydroxylation is 1. The first-order valence-corrected chi connectivity index (χ1v) is 11.3. The summed E-state index contributed by atoms with van der Waals surface area (Å²) < 4.78 is 6.28. The van der Waals surface area contributed by atoms with E-state index in [9.17, 15) is 5.11 Å². The van der Waals surface area contributed by atoms with Crippen LogP contribution in [0.5, 0.6) is 0 Å². The van der Waals surface area contributed by atoms with Gasteiger partial charge in [-0.1, -0.05) is 12.1 Å². The predicted octanol–water partition coefficient (Wildman–Crippen LogP) is 4.08. The number of rotatable bonds is 9. The summed E-state index contributed by atoms with van der Waals surface area (Å²) in [4.78, 5) is 14.4. The number of ether oxygens (including phenoxy) is 1. The summed E-state index contributed by atoms with van der Waals surface area (Å²) >= 11 is 1.66. The molecule has 0 aliphatic heterocycles. The number of methoxy groups -OCH3 is 1. The van der Waals surface area contributed by atoms with E-state index in [0.29, 0.717) is 24.5 Å². The molecule has 2 heterocycles. The van der Waals surface area contributed by atoms with Crippen molar-refractivity contribution in [2.24, 2.45) is 5.92 Å². The molecule has 0 spiro atoms. The first-order chi connectivity index (χ1) is 14.7. The maximum absolute atomic E-state index is 9.51. The van der Waals surface area contributed by atoms with Crippen LogP contribution in [-0.4, -0.2) is 53.0 Å². The molecule has 8 heteroatoms. The van der Waals surface area contributed by atoms with Gasteiger partial charge in [-0.2, -0.15) is 4.98 Å². The minimum absolute atomic E-state index is 0.248. The Morgan fingerprint density at radius 3 is 2.83 bits per heavy atom. The average molecular weight is 428 g/mol. The van der Waals surface area contributed by atoms with Gasteiger partial charge in [-0.15, -0.1) is 11.3 Å². The van der Waals surface area contributed by atoms with Crippen molar-refractivity contribution in [1.82, 2.24) is 15.0 Å². The quantitative estimate of drug-likeness (QED) is 0.443. The van der Waals surface area contributed by atoms with Gasteiger partial charge in [-0.05, 0) is 50.7 Å². The lowest BCUT2D eigenvalue weighted by atomic mass is 10.1. The van der Waals surface area contributed by atoms with Crippen molar-refractivity contribution in [3.8, 4) is 10.6 Å². The van der Waals surface area contributed by atoms with Gasteiger partial charge in [0.25, 0.3) is 0 Å². The Labute approximate surface area is 180 Å². The van der Waals surface area contributed by atoms with Crippen molar-refractivity contribution in [1.29, 1.82) is 0 Å². The van der Waals surface area contributed by atoms with Crippen molar-refractivity contribution in [3.05, 3.63) is 30.0 Å². The van der Waals surface area contributed by atoms with Crippen LogP contribution >= 0.6 is 11.3 Å². The molecule has 0 unspecified atom stereocenters. The summed E-state index contributed by atoms with van der Waals surface area (Å²) in [5.74, 6) is 1.80. The number of hydrogen-bond donors (Lipinski definition) is 3. The molecule has 1 aliphatic carbocycles. The molecule has 3 N–H and O–H groups in total. The van der Waals surface area contributed by atoms with Crippen molar-refractivity contribution >= 4 is 33.3 Å². The van der Waals surface area contributed by atoms with E-state index in [2.05, 4.69) is 16.7 Å². The van der Waals surface area contributed by atoms with Crippen LogP contribution in [0.1, 0.15) is 31.4 Å². The molecule has 4 rings (SSSR count). The average Bonchev–Trinajstić information content (AvgIpc) is 3.37. The monoisotopic (exact) mass is 427 g/mol. The summed E-state index contributed by atoms with van der Waals surface area (Å²) in [6.45, 7) is 3.71. The van der Waals surface area contributed by atoms with E-state index in [1.54, 1.807) is 18.4 Å². The number of nitrogens with one attached hydrogen (secondary N) is 2. The third-order valence-corrected chi connectivity index (χ3v) is 6.60. The van der Waals surface area contributed by atoms with Crippen LogP contribution in [0.4, 0.5) is 11.8 Å². The van der Waals surface area contributed by atoms with Crippen LogP contribution < -0.4 is 10.6 Å². The van der Waals surface area contributed by atoms with E-state index in [1.165, 1.54) is 0 Å². The Hall–Kier alpha value is -2.29. The summed E-state index contributed by atoms with van der Waals surface area (Å²) in [7, 11) is 1.71. The molecule has 1 saturated carbocycles. The molecular weight excluding hydrogens is 398 g/mol. The molecule has 0 amide bonds. The Morgan fingerprint density at radius 1 is 1.20 bits per heavy atom. The molecule has 1 fully saturated rings. The van der Waals surface area contributed by atoms with E-state index in [4.69, 9.17) is 19.7 Å². The Bertz CT molecular complexity index is 960. The highest BCUT2D eigenvalue weighted by molar-refractivity contribution is 7.21. The third kappa shape index (κ3) is 4.71. The molecule has 0 saturated heterocycles. The largest absolute Gasteiger partial charge is 0.396 e. The summed E-state index contributed by atoms with van der Waals surface area (Å²) in [5.41, 5.74) is 2.86. The van der Waals surface area contributed by atoms with Gasteiger partial charge in [0.2, 0.25) is 5.95 Å². The van der Waals surface area contributed by atoms with Crippen LogP contribution in [0.15, 0.2) is 24.3 Å². The van der Waals surface area contributed by atoms with Gasteiger partial charge in [0.1, 0.15) is 10.8 Å². The van der Waals surface area contributed by atoms with Crippen molar-refractivity contribution in [2.45, 2.75) is 38.6 Å². The molecule has 3 aromatic rings. The highest BCUT2D eigenvalue weighted by Crippen LogP contribution is 2.37. The number of anilines is 2. The Morgan fingerprint density at radius 2 is 2.07 bits per heavy atom. The molecular formula is C22H29N5O2S. The lowest BCUT2D eigenvalue weighted by Gasteiger charge is -2.18. The highest BCUT2D eigenvalue weighted by atomic mass is 32.1. The van der Waals surface area contributed by atoms with Crippen molar-refractivity contribution in [3.63, 3.8) is 0 Å². The zero-order valence-corrected chi connectivity index (χ0v) is 18.3. The SMILES string of the molecule is COCCCNc1nc(C)c(-c2nc3ccccc3s2)c(N[C@H]2CC[C@@H](CO)C2)n1. The molecule has 2 atom stereocenters. The first-order valence-electron chi connectivity index (χ1n) is 10.5. The second kappa shape index (κ2) is 9.68. The number of thiazole rings is 1. The zero-order chi connectivity index (χ0) is 20.9. The normalized spacial score (nSPS) is 18.8. The number of aromatic nitrogens is 3. The predicted molar refractivity (Wildman–Crippen MR) is 122 cm³/mol. The fourth-order valence-electron chi connectivity index (χ4n) is 3.97. The topological polar surface area (TPSA) is 92.2 Å². The zero-order valence-electron chi connectivity index (χ0n) is 17.5. The van der Waals surface area contributed by atoms with E-state index in [-0.39, 0.29) is 6.61 Å². The third-order valence-electron chi connectivity index (χ3n) is 5.55. The summed E-state index contributed by atoms with van der Waals surface area (Å²) in [5, 5.41) is 17.4. The molecule has 0 radical (unpaired) electrons. The van der Waals surface area contributed by atoms with Gasteiger partial charge >= 0.3 is 0 Å². The van der Waals surface area contributed by atoms with Crippen LogP contribution in [0.2, 0.25) is 0 Å². The fourth-order valence-corrected chi connectivity index (χ4v) is 5.04. The standard InChI is InChI=1S/C22H29N5O2S/c1-14-19(21-26-17-6-3-4-7-18(17)30-21)20(25-16-9-8-15(12-16)13-28)27-22(24-14)23-10-5-11-29-2/h3-4,6-7,15-16,28H,5,8-13H2,1-2H3,(H2,23,24,25,27)/t15-,16+/m1/s1. The van der Waals surface area contributed by atoms with Crippen LogP contribution in [0.25, 0.3) is 20.8 Å². The van der Waals surface area contributed by atoms with E-state index < -0.39 is 0 Å². The van der Waals surface area contributed by atoms with Crippen LogP contribution in [0, 0.1) is 12.8 Å². The van der Waals surface area contributed by atoms with Crippen LogP contribution in [0.3, 0.4) is 0 Å². The van der Waals surface area contributed by atoms with Gasteiger partial charge in [-0.3, -0.25) is 0 Å². The fraction of sp³-hybridized carbons (Fsp3) is 0.500. The second-order valence-electron chi connectivity index (χ2n) is 7.82. The molecule has 2 aromatic heterocycles. The maximum Gasteiger partial charge on any atom is 0.224 e. The van der Waals surface area contributed by atoms with Gasteiger partial charge in [0, 0.05) is 32.9 Å². The molecule has 1 aromatic carbocycles. The lowest BCUT2D eigenvalue weighted by molar-refractivity contribution is 0.197. The number of para-hydroxylation sites is 1. The molecule has 30 heavy (non-hydrogen) atoms. The Kier molecular flexibility index (Phi) is 6.76. The number of hydrogen-bond acceptors (Lipinski definition) is 8.